The van der Waals surface area contributed by atoms with Gasteiger partial charge in [0, 0.05) is 6.61 Å². The molecule has 0 saturated carbocycles. The Morgan fingerprint density at radius 2 is 0.540 bits per heavy atom. The summed E-state index contributed by atoms with van der Waals surface area (Å²) < 4.78 is 20.9. The van der Waals surface area contributed by atoms with E-state index >= 15 is 0 Å². The van der Waals surface area contributed by atoms with E-state index in [-0.39, 0.29) is 174 Å². The number of carbonyl (C=O) groups is 7. The van der Waals surface area contributed by atoms with Crippen LogP contribution in [0.1, 0.15) is 236 Å². The molecule has 0 aliphatic rings. The van der Waals surface area contributed by atoms with Gasteiger partial charge in [-0.25, -0.2) is 0 Å². The molecule has 0 radical (unpaired) electrons. The molecular weight excluding hydrogens is 1480 g/mol. The standard InChI is InChI=1S/C31H44O6.C26H34O4.C25H32O4.C13H18O2.2K/c1-5-25(30(34)37-20-19-36-18-17-35-6-2)21-27(29(32)33)23-31(4,28-15-11-8-12-16-28)22-24(3)26-13-9-7-10-14-26;1-5-20(25(29)30-4)16-22(24(27)28)18-26(3,23-14-10-7-11-15-23)17-19(2)21-12-8-6-9-13-21;1-4-19(23(26)27)15-21(24(28)29)17-25(3,22-13-9-6-10-14-22)16-18(2)20-11-7-5-8-12-20;1-3-11(13(14)15)9-10(2)12-7-5-4-6-8-12;;/h7-16,24-25,27H,5-6,17-23H2,1-4H3,(H,32,33);6-15,19-20,22H,5,16-18H2,1-4H3,(H,27,28);5-14,18-19,21H,4,15-17H2,1-3H3,(H,26,27)(H,28,29);4-8,10-11H,3,9H2,1-2H3,(H,14,15);;/q;;;;2*+1. The summed E-state index contributed by atoms with van der Waals surface area (Å²) in [6, 6.07) is 71.2. The number of aliphatic carboxylic acids is 5. The molecule has 5 N–H and O–H groups in total. The zero-order valence-electron chi connectivity index (χ0n) is 70.2. The monoisotopic (exact) mass is 1600 g/mol. The molecule has 0 aromatic heterocycles. The summed E-state index contributed by atoms with van der Waals surface area (Å²) in [5.41, 5.74) is 7.16. The van der Waals surface area contributed by atoms with Crippen molar-refractivity contribution in [3.8, 4) is 0 Å². The van der Waals surface area contributed by atoms with Gasteiger partial charge in [0.15, 0.2) is 0 Å². The summed E-state index contributed by atoms with van der Waals surface area (Å²) in [6.45, 7) is 26.5. The Hall–Kier alpha value is -5.98. The van der Waals surface area contributed by atoms with Gasteiger partial charge in [-0.15, -0.1) is 0 Å². The molecule has 14 unspecified atom stereocenters. The maximum Gasteiger partial charge on any atom is 1.00 e. The number of hydrogen-bond acceptors (Lipinski definition) is 11. The van der Waals surface area contributed by atoms with Gasteiger partial charge in [-0.05, 0) is 176 Å². The van der Waals surface area contributed by atoms with Gasteiger partial charge in [-0.3, -0.25) is 33.6 Å². The van der Waals surface area contributed by atoms with Crippen molar-refractivity contribution in [2.24, 2.45) is 41.4 Å². The van der Waals surface area contributed by atoms with Gasteiger partial charge in [-0.1, -0.05) is 288 Å². The first-order valence-electron chi connectivity index (χ1n) is 39.9. The molecular formula is C95H128K2O16+2. The van der Waals surface area contributed by atoms with E-state index in [1.807, 2.05) is 167 Å². The molecule has 7 rings (SSSR count). The van der Waals surface area contributed by atoms with Gasteiger partial charge >= 0.3 is 145 Å². The first-order valence-corrected chi connectivity index (χ1v) is 39.9. The van der Waals surface area contributed by atoms with Crippen LogP contribution in [0.4, 0.5) is 0 Å². The van der Waals surface area contributed by atoms with Gasteiger partial charge in [0.2, 0.25) is 0 Å². The molecule has 0 aliphatic carbocycles. The average molecular weight is 1600 g/mol. The van der Waals surface area contributed by atoms with E-state index in [9.17, 15) is 54.0 Å². The molecule has 0 aliphatic heterocycles. The van der Waals surface area contributed by atoms with Crippen LogP contribution >= 0.6 is 0 Å². The van der Waals surface area contributed by atoms with Crippen LogP contribution in [0.3, 0.4) is 0 Å². The summed E-state index contributed by atoms with van der Waals surface area (Å²) in [5.74, 6) is -7.59. The van der Waals surface area contributed by atoms with Crippen molar-refractivity contribution < 1.29 is 181 Å². The number of hydrogen-bond donors (Lipinski definition) is 5. The molecule has 0 heterocycles. The number of rotatable bonds is 45. The Balaban J connectivity index is 0.000000526. The van der Waals surface area contributed by atoms with Crippen LogP contribution in [0.25, 0.3) is 0 Å². The largest absolute Gasteiger partial charge is 1.00 e. The molecule has 0 fully saturated rings. The quantitative estimate of drug-likeness (QED) is 0.0135. The molecule has 604 valence electrons. The van der Waals surface area contributed by atoms with Crippen LogP contribution in [0, 0.1) is 41.4 Å². The number of ether oxygens (including phenoxy) is 4. The SMILES string of the molecule is CCC(CC(C)c1ccccc1)C(=O)O.CCC(CC(CC(C)(CC(C)c1ccccc1)c1ccccc1)C(=O)O)C(=O)O.CCC(CC(CC(C)(CC(C)c1ccccc1)c1ccccc1)C(=O)O)C(=O)OC.CCOCCOCCOC(=O)C(CC)CC(CC(C)(CC(C)c1ccccc1)c1ccccc1)C(=O)O.[K+].[K+]. The van der Waals surface area contributed by atoms with Crippen molar-refractivity contribution in [3.63, 3.8) is 0 Å². The van der Waals surface area contributed by atoms with Gasteiger partial charge < -0.3 is 44.5 Å². The molecule has 0 bridgehead atoms. The number of benzene rings is 7. The third-order valence-corrected chi connectivity index (χ3v) is 22.2. The minimum atomic E-state index is -0.919. The van der Waals surface area contributed by atoms with Crippen molar-refractivity contribution >= 4 is 41.8 Å². The van der Waals surface area contributed by atoms with Crippen LogP contribution in [0.2, 0.25) is 0 Å². The normalized spacial score (nSPS) is 15.4. The van der Waals surface area contributed by atoms with Crippen LogP contribution in [0.15, 0.2) is 212 Å². The van der Waals surface area contributed by atoms with E-state index in [0.29, 0.717) is 83.7 Å². The summed E-state index contributed by atoms with van der Waals surface area (Å²) in [5, 5.41) is 48.4. The second kappa shape index (κ2) is 55.6. The summed E-state index contributed by atoms with van der Waals surface area (Å²) in [6.07, 6.45) is 7.36. The van der Waals surface area contributed by atoms with Crippen molar-refractivity contribution in [1.29, 1.82) is 0 Å². The first-order chi connectivity index (χ1) is 53.0. The van der Waals surface area contributed by atoms with Crippen LogP contribution in [-0.2, 0) is 68.8 Å². The third kappa shape index (κ3) is 36.6. The maximum atomic E-state index is 12.8. The third-order valence-electron chi connectivity index (χ3n) is 22.2. The van der Waals surface area contributed by atoms with Crippen molar-refractivity contribution in [1.82, 2.24) is 0 Å². The topological polar surface area (TPSA) is 258 Å². The van der Waals surface area contributed by atoms with Gasteiger partial charge in [0.1, 0.15) is 6.61 Å². The van der Waals surface area contributed by atoms with E-state index in [1.165, 1.54) is 29.4 Å². The van der Waals surface area contributed by atoms with E-state index in [1.54, 1.807) is 6.92 Å². The Bertz CT molecular complexity index is 3780. The fourth-order valence-electron chi connectivity index (χ4n) is 15.6. The maximum absolute atomic E-state index is 12.8. The fourth-order valence-corrected chi connectivity index (χ4v) is 15.6. The minimum Gasteiger partial charge on any atom is -0.481 e. The molecule has 16 nitrogen and oxygen atoms in total. The van der Waals surface area contributed by atoms with Crippen LogP contribution in [0.5, 0.6) is 0 Å². The van der Waals surface area contributed by atoms with Crippen molar-refractivity contribution in [3.05, 3.63) is 251 Å². The summed E-state index contributed by atoms with van der Waals surface area (Å²) in [4.78, 5) is 83.9. The van der Waals surface area contributed by atoms with E-state index in [4.69, 9.17) is 24.1 Å². The van der Waals surface area contributed by atoms with E-state index < -0.39 is 65.4 Å². The number of carboxylic acid groups (broad SMARTS) is 5. The Labute approximate surface area is 760 Å². The van der Waals surface area contributed by atoms with Crippen molar-refractivity contribution in [2.75, 3.05) is 40.1 Å². The second-order valence-electron chi connectivity index (χ2n) is 30.9. The van der Waals surface area contributed by atoms with E-state index in [0.717, 1.165) is 42.4 Å². The Morgan fingerprint density at radius 1 is 0.301 bits per heavy atom. The number of methoxy groups -OCH3 is 1. The predicted octanol–water partition coefficient (Wildman–Crippen LogP) is 15.1. The summed E-state index contributed by atoms with van der Waals surface area (Å²) >= 11 is 0. The van der Waals surface area contributed by atoms with Crippen LogP contribution in [-0.4, -0.2) is 107 Å². The predicted molar refractivity (Wildman–Crippen MR) is 441 cm³/mol. The number of esters is 2. The van der Waals surface area contributed by atoms with Crippen LogP contribution < -0.4 is 103 Å². The molecule has 0 saturated heterocycles. The molecule has 0 amide bonds. The molecule has 7 aromatic carbocycles. The first kappa shape index (κ1) is 103. The molecule has 14 atom stereocenters. The Kier molecular flexibility index (Phi) is 50.7. The number of carbonyl (C=O) groups excluding carboxylic acids is 2. The van der Waals surface area contributed by atoms with Gasteiger partial charge in [0.25, 0.3) is 0 Å². The summed E-state index contributed by atoms with van der Waals surface area (Å²) in [7, 11) is 1.36. The number of carboxylic acids is 5. The molecule has 0 spiro atoms. The minimum absolute atomic E-state index is 0. The smallest absolute Gasteiger partial charge is 0.481 e. The zero-order chi connectivity index (χ0) is 81.9. The van der Waals surface area contributed by atoms with E-state index in [2.05, 4.69) is 121 Å². The molecule has 7 aromatic rings. The fraction of sp³-hybridized carbons (Fsp3) is 0.484. The van der Waals surface area contributed by atoms with Crippen molar-refractivity contribution in [2.45, 2.75) is 213 Å². The van der Waals surface area contributed by atoms with Gasteiger partial charge in [0.05, 0.1) is 68.4 Å². The zero-order valence-corrected chi connectivity index (χ0v) is 76.5. The Morgan fingerprint density at radius 3 is 0.805 bits per heavy atom. The van der Waals surface area contributed by atoms with Gasteiger partial charge in [-0.2, -0.15) is 0 Å². The average Bonchev–Trinajstić information content (AvgIpc) is 0.815. The second-order valence-corrected chi connectivity index (χ2v) is 30.9. The molecule has 113 heavy (non-hydrogen) atoms. The molecule has 18 heteroatoms.